The fraction of sp³-hybridized carbons (Fsp3) is 0.391. The molecule has 0 radical (unpaired) electrons. The van der Waals surface area contributed by atoms with Crippen molar-refractivity contribution in [3.63, 3.8) is 0 Å². The first kappa shape index (κ1) is 20.1. The van der Waals surface area contributed by atoms with Gasteiger partial charge in [-0.05, 0) is 57.7 Å². The molecule has 156 valence electrons. The molecule has 0 unspecified atom stereocenters. The number of aldehydes is 1. The average molecular weight is 406 g/mol. The zero-order valence-electron chi connectivity index (χ0n) is 17.3. The minimum absolute atomic E-state index is 0.174. The maximum atomic E-state index is 12.7. The van der Waals surface area contributed by atoms with Gasteiger partial charge >= 0.3 is 0 Å². The van der Waals surface area contributed by atoms with Gasteiger partial charge in [0.15, 0.2) is 0 Å². The number of anilines is 1. The normalized spacial score (nSPS) is 18.9. The summed E-state index contributed by atoms with van der Waals surface area (Å²) in [4.78, 5) is 28.0. The van der Waals surface area contributed by atoms with Gasteiger partial charge in [-0.15, -0.1) is 0 Å². The van der Waals surface area contributed by atoms with Crippen molar-refractivity contribution in [1.82, 2.24) is 14.8 Å². The van der Waals surface area contributed by atoms with E-state index in [2.05, 4.69) is 10.3 Å². The van der Waals surface area contributed by atoms with Crippen LogP contribution in [-0.4, -0.2) is 33.6 Å². The lowest BCUT2D eigenvalue weighted by Gasteiger charge is -2.25. The second-order valence-corrected chi connectivity index (χ2v) is 7.77. The number of carbonyl (C=O) groups is 2. The minimum atomic E-state index is -0.279. The van der Waals surface area contributed by atoms with Gasteiger partial charge in [0.2, 0.25) is 0 Å². The second kappa shape index (κ2) is 8.65. The number of carbonyl (C=O) groups excluding carboxylic acids is 2. The van der Waals surface area contributed by atoms with Crippen LogP contribution in [0.4, 0.5) is 5.69 Å². The molecule has 4 rings (SSSR count). The van der Waals surface area contributed by atoms with Gasteiger partial charge in [0.25, 0.3) is 5.91 Å². The summed E-state index contributed by atoms with van der Waals surface area (Å²) in [5, 5.41) is 8.61. The Morgan fingerprint density at radius 2 is 2.07 bits per heavy atom. The Kier molecular flexibility index (Phi) is 5.79. The van der Waals surface area contributed by atoms with Crippen LogP contribution in [0.2, 0.25) is 0 Å². The maximum absolute atomic E-state index is 12.7. The molecule has 2 heterocycles. The largest absolute Gasteiger partial charge is 0.492 e. The molecule has 2 aromatic heterocycles. The average Bonchev–Trinajstić information content (AvgIpc) is 3.17. The lowest BCUT2D eigenvalue weighted by Crippen LogP contribution is -2.19. The topological polar surface area (TPSA) is 86.1 Å². The predicted molar refractivity (Wildman–Crippen MR) is 115 cm³/mol. The van der Waals surface area contributed by atoms with Crippen molar-refractivity contribution in [3.05, 3.63) is 47.9 Å². The second-order valence-electron chi connectivity index (χ2n) is 7.77. The van der Waals surface area contributed by atoms with E-state index in [9.17, 15) is 9.59 Å². The molecular formula is C23H26N4O3. The third-order valence-corrected chi connectivity index (χ3v) is 5.60. The molecule has 30 heavy (non-hydrogen) atoms. The lowest BCUT2D eigenvalue weighted by atomic mass is 9.87. The number of hydrogen-bond acceptors (Lipinski definition) is 5. The van der Waals surface area contributed by atoms with Crippen LogP contribution in [0.3, 0.4) is 0 Å². The van der Waals surface area contributed by atoms with E-state index >= 15 is 0 Å². The highest BCUT2D eigenvalue weighted by Gasteiger charge is 2.23. The Balaban J connectivity index is 1.61. The highest BCUT2D eigenvalue weighted by molar-refractivity contribution is 6.05. The summed E-state index contributed by atoms with van der Waals surface area (Å²) in [6.45, 7) is 4.24. The summed E-state index contributed by atoms with van der Waals surface area (Å²) in [7, 11) is 0. The number of nitrogens with zero attached hydrogens (tertiary/aromatic N) is 3. The summed E-state index contributed by atoms with van der Waals surface area (Å²) in [5.41, 5.74) is 2.57. The molecule has 3 aromatic rings. The summed E-state index contributed by atoms with van der Waals surface area (Å²) < 4.78 is 7.76. The number of pyridine rings is 1. The first-order valence-corrected chi connectivity index (χ1v) is 10.4. The zero-order chi connectivity index (χ0) is 21.1. The van der Waals surface area contributed by atoms with Crippen molar-refractivity contribution in [2.45, 2.75) is 45.6 Å². The number of ether oxygens (including phenoxy) is 1. The van der Waals surface area contributed by atoms with Gasteiger partial charge in [0, 0.05) is 29.3 Å². The van der Waals surface area contributed by atoms with Crippen LogP contribution in [0, 0.1) is 12.8 Å². The monoisotopic (exact) mass is 406 g/mol. The fourth-order valence-corrected chi connectivity index (χ4v) is 3.99. The van der Waals surface area contributed by atoms with E-state index in [0.717, 1.165) is 48.6 Å². The highest BCUT2D eigenvalue weighted by Crippen LogP contribution is 2.34. The van der Waals surface area contributed by atoms with Crippen LogP contribution in [0.25, 0.3) is 10.9 Å². The number of nitrogens with one attached hydrogen (secondary N) is 1. The Morgan fingerprint density at radius 3 is 2.77 bits per heavy atom. The number of amides is 1. The van der Waals surface area contributed by atoms with Crippen molar-refractivity contribution in [1.29, 1.82) is 0 Å². The molecule has 7 heteroatoms. The molecule has 0 atom stereocenters. The van der Waals surface area contributed by atoms with Gasteiger partial charge in [0.1, 0.15) is 17.7 Å². The van der Waals surface area contributed by atoms with Gasteiger partial charge < -0.3 is 14.8 Å². The molecule has 1 aromatic carbocycles. The Bertz CT molecular complexity index is 1070. The quantitative estimate of drug-likeness (QED) is 0.616. The van der Waals surface area contributed by atoms with Gasteiger partial charge in [-0.3, -0.25) is 9.48 Å². The zero-order valence-corrected chi connectivity index (χ0v) is 17.3. The molecule has 0 bridgehead atoms. The van der Waals surface area contributed by atoms with Crippen molar-refractivity contribution >= 4 is 28.8 Å². The third-order valence-electron chi connectivity index (χ3n) is 5.60. The standard InChI is InChI=1S/C23H26N4O3/c1-3-30-22-12-20-17(13-27(26-20)18-9-7-16(14-28)8-10-18)11-21(22)25-23(29)19-6-4-5-15(2)24-19/h4-6,11-14,16,18H,3,7-10H2,1-2H3,(H,25,29)/t16-,18-. The number of aryl methyl sites for hydroxylation is 1. The van der Waals surface area contributed by atoms with Crippen LogP contribution in [-0.2, 0) is 4.79 Å². The molecule has 1 aliphatic rings. The van der Waals surface area contributed by atoms with Crippen molar-refractivity contribution in [2.24, 2.45) is 5.92 Å². The maximum Gasteiger partial charge on any atom is 0.274 e. The molecular weight excluding hydrogens is 380 g/mol. The molecule has 0 saturated heterocycles. The van der Waals surface area contributed by atoms with E-state index in [1.807, 2.05) is 49.0 Å². The van der Waals surface area contributed by atoms with E-state index in [4.69, 9.17) is 9.84 Å². The summed E-state index contributed by atoms with van der Waals surface area (Å²) >= 11 is 0. The summed E-state index contributed by atoms with van der Waals surface area (Å²) in [6, 6.07) is 9.41. The first-order chi connectivity index (χ1) is 14.6. The van der Waals surface area contributed by atoms with Gasteiger partial charge in [-0.2, -0.15) is 5.10 Å². The predicted octanol–water partition coefficient (Wildman–Crippen LogP) is 4.32. The fourth-order valence-electron chi connectivity index (χ4n) is 3.99. The lowest BCUT2D eigenvalue weighted by molar-refractivity contribution is -0.112. The van der Waals surface area contributed by atoms with Gasteiger partial charge in [0.05, 0.1) is 23.9 Å². The summed E-state index contributed by atoms with van der Waals surface area (Å²) in [5.74, 6) is 0.479. The Morgan fingerprint density at radius 1 is 1.27 bits per heavy atom. The smallest absolute Gasteiger partial charge is 0.274 e. The van der Waals surface area contributed by atoms with Crippen molar-refractivity contribution < 1.29 is 14.3 Å². The highest BCUT2D eigenvalue weighted by atomic mass is 16.5. The summed E-state index contributed by atoms with van der Waals surface area (Å²) in [6.07, 6.45) is 6.77. The van der Waals surface area contributed by atoms with E-state index in [1.54, 1.807) is 6.07 Å². The van der Waals surface area contributed by atoms with E-state index in [1.165, 1.54) is 0 Å². The van der Waals surface area contributed by atoms with Crippen molar-refractivity contribution in [2.75, 3.05) is 11.9 Å². The van der Waals surface area contributed by atoms with Crippen LogP contribution in [0.1, 0.15) is 54.8 Å². The van der Waals surface area contributed by atoms with E-state index in [-0.39, 0.29) is 11.8 Å². The molecule has 1 N–H and O–H groups in total. The Labute approximate surface area is 175 Å². The first-order valence-electron chi connectivity index (χ1n) is 10.4. The van der Waals surface area contributed by atoms with Crippen LogP contribution in [0.15, 0.2) is 36.5 Å². The van der Waals surface area contributed by atoms with Crippen LogP contribution < -0.4 is 10.1 Å². The molecule has 0 aliphatic heterocycles. The molecule has 1 saturated carbocycles. The third kappa shape index (κ3) is 4.20. The van der Waals surface area contributed by atoms with Crippen LogP contribution in [0.5, 0.6) is 5.75 Å². The molecule has 1 fully saturated rings. The molecule has 1 amide bonds. The van der Waals surface area contributed by atoms with Crippen molar-refractivity contribution in [3.8, 4) is 5.75 Å². The molecule has 0 spiro atoms. The molecule has 7 nitrogen and oxygen atoms in total. The van der Waals surface area contributed by atoms with E-state index in [0.29, 0.717) is 29.8 Å². The molecule has 1 aliphatic carbocycles. The number of rotatable bonds is 6. The number of benzene rings is 1. The van der Waals surface area contributed by atoms with Gasteiger partial charge in [-0.25, -0.2) is 4.98 Å². The Hall–Kier alpha value is -3.22. The number of hydrogen-bond donors (Lipinski definition) is 1. The minimum Gasteiger partial charge on any atom is -0.492 e. The van der Waals surface area contributed by atoms with Gasteiger partial charge in [-0.1, -0.05) is 6.07 Å². The number of aromatic nitrogens is 3. The SMILES string of the molecule is CCOc1cc2nn([C@H]3CC[C@H](C=O)CC3)cc2cc1NC(=O)c1cccc(C)n1. The van der Waals surface area contributed by atoms with Crippen LogP contribution >= 0.6 is 0 Å². The number of fused-ring (bicyclic) bond motifs is 1. The van der Waals surface area contributed by atoms with E-state index < -0.39 is 0 Å².